The smallest absolute Gasteiger partial charge is 0.218 e. The molecule has 0 amide bonds. The molecule has 0 radical (unpaired) electrons. The number of aromatic nitrogens is 2. The number of H-pyrrole nitrogens is 1. The summed E-state index contributed by atoms with van der Waals surface area (Å²) in [5.41, 5.74) is 1.83. The molecule has 2 rings (SSSR count). The lowest BCUT2D eigenvalue weighted by Gasteiger charge is -2.06. The first-order valence-corrected chi connectivity index (χ1v) is 6.58. The highest BCUT2D eigenvalue weighted by Crippen LogP contribution is 2.30. The van der Waals surface area contributed by atoms with Crippen LogP contribution < -0.4 is 4.74 Å². The minimum absolute atomic E-state index is 0.444. The molecular formula is C13H14Cl2N2O2. The monoisotopic (exact) mass is 300 g/mol. The van der Waals surface area contributed by atoms with Gasteiger partial charge >= 0.3 is 0 Å². The van der Waals surface area contributed by atoms with Crippen LogP contribution in [0.4, 0.5) is 0 Å². The van der Waals surface area contributed by atoms with Crippen LogP contribution in [0.3, 0.4) is 0 Å². The molecule has 2 aromatic rings. The lowest BCUT2D eigenvalue weighted by molar-refractivity contribution is 0.180. The zero-order valence-electron chi connectivity index (χ0n) is 10.7. The lowest BCUT2D eigenvalue weighted by atomic mass is 10.2. The van der Waals surface area contributed by atoms with E-state index >= 15 is 0 Å². The molecule has 0 saturated carbocycles. The van der Waals surface area contributed by atoms with Crippen LogP contribution in [0.1, 0.15) is 18.2 Å². The first kappa shape index (κ1) is 14.2. The quantitative estimate of drug-likeness (QED) is 0.899. The van der Waals surface area contributed by atoms with Crippen molar-refractivity contribution in [3.05, 3.63) is 39.5 Å². The Hall–Kier alpha value is -1.23. The molecule has 102 valence electrons. The van der Waals surface area contributed by atoms with Crippen LogP contribution >= 0.6 is 23.2 Å². The summed E-state index contributed by atoms with van der Waals surface area (Å²) in [7, 11) is 1.63. The minimum Gasteiger partial charge on any atom is -0.439 e. The van der Waals surface area contributed by atoms with Gasteiger partial charge < -0.3 is 9.47 Å². The standard InChI is InChI=1S/C13H14Cl2N2O2/c1-3-11-12(7-18-2)16-17-13(11)19-10-5-8(14)4-9(15)6-10/h4-6H,3,7H2,1-2H3,(H,16,17). The van der Waals surface area contributed by atoms with Gasteiger partial charge in [-0.25, -0.2) is 5.10 Å². The summed E-state index contributed by atoms with van der Waals surface area (Å²) in [5, 5.41) is 8.09. The van der Waals surface area contributed by atoms with Crippen molar-refractivity contribution in [2.75, 3.05) is 7.11 Å². The maximum atomic E-state index is 5.93. The Kier molecular flexibility index (Phi) is 4.69. The van der Waals surface area contributed by atoms with Crippen molar-refractivity contribution in [2.45, 2.75) is 20.0 Å². The third-order valence-corrected chi connectivity index (χ3v) is 3.04. The first-order valence-electron chi connectivity index (χ1n) is 5.83. The van der Waals surface area contributed by atoms with Crippen LogP contribution in [-0.2, 0) is 17.8 Å². The maximum absolute atomic E-state index is 5.93. The van der Waals surface area contributed by atoms with Crippen molar-refractivity contribution in [3.63, 3.8) is 0 Å². The predicted molar refractivity (Wildman–Crippen MR) is 75.2 cm³/mol. The summed E-state index contributed by atoms with van der Waals surface area (Å²) in [6, 6.07) is 5.05. The van der Waals surface area contributed by atoms with Gasteiger partial charge in [0.05, 0.1) is 12.3 Å². The van der Waals surface area contributed by atoms with Crippen LogP contribution in [0.2, 0.25) is 10.0 Å². The number of aromatic amines is 1. The number of nitrogens with one attached hydrogen (secondary N) is 1. The summed E-state index contributed by atoms with van der Waals surface area (Å²) in [6.07, 6.45) is 0.791. The van der Waals surface area contributed by atoms with E-state index in [1.165, 1.54) is 0 Å². The van der Waals surface area contributed by atoms with Crippen molar-refractivity contribution >= 4 is 23.2 Å². The molecule has 1 N–H and O–H groups in total. The van der Waals surface area contributed by atoms with E-state index in [1.54, 1.807) is 25.3 Å². The Bertz CT molecular complexity index is 550. The largest absolute Gasteiger partial charge is 0.439 e. The van der Waals surface area contributed by atoms with Crippen LogP contribution in [0.5, 0.6) is 11.6 Å². The van der Waals surface area contributed by atoms with E-state index in [-0.39, 0.29) is 0 Å². The Morgan fingerprint density at radius 1 is 1.21 bits per heavy atom. The van der Waals surface area contributed by atoms with Gasteiger partial charge in [-0.05, 0) is 24.6 Å². The van der Waals surface area contributed by atoms with Crippen LogP contribution in [0.25, 0.3) is 0 Å². The van der Waals surface area contributed by atoms with Gasteiger partial charge in [0.25, 0.3) is 0 Å². The molecule has 0 aliphatic carbocycles. The second-order valence-corrected chi connectivity index (χ2v) is 4.84. The summed E-state index contributed by atoms with van der Waals surface area (Å²) in [4.78, 5) is 0. The zero-order valence-corrected chi connectivity index (χ0v) is 12.2. The minimum atomic E-state index is 0.444. The number of benzene rings is 1. The zero-order chi connectivity index (χ0) is 13.8. The number of nitrogens with zero attached hydrogens (tertiary/aromatic N) is 1. The Balaban J connectivity index is 2.27. The summed E-state index contributed by atoms with van der Waals surface area (Å²) < 4.78 is 10.8. The SMILES string of the molecule is CCc1c(COC)n[nH]c1Oc1cc(Cl)cc(Cl)c1. The van der Waals surface area contributed by atoms with Crippen molar-refractivity contribution in [1.82, 2.24) is 10.2 Å². The summed E-state index contributed by atoms with van der Waals surface area (Å²) >= 11 is 11.9. The summed E-state index contributed by atoms with van der Waals surface area (Å²) in [5.74, 6) is 1.16. The fourth-order valence-electron chi connectivity index (χ4n) is 1.79. The average molecular weight is 301 g/mol. The van der Waals surface area contributed by atoms with Gasteiger partial charge in [-0.15, -0.1) is 0 Å². The molecule has 19 heavy (non-hydrogen) atoms. The van der Waals surface area contributed by atoms with E-state index in [0.29, 0.717) is 28.3 Å². The van der Waals surface area contributed by atoms with Crippen molar-refractivity contribution in [2.24, 2.45) is 0 Å². The molecule has 1 heterocycles. The number of ether oxygens (including phenoxy) is 2. The molecule has 0 bridgehead atoms. The number of hydrogen-bond acceptors (Lipinski definition) is 3. The average Bonchev–Trinajstić information content (AvgIpc) is 2.70. The number of hydrogen-bond donors (Lipinski definition) is 1. The third-order valence-electron chi connectivity index (χ3n) is 2.61. The molecule has 4 nitrogen and oxygen atoms in total. The Labute approximate surface area is 121 Å². The van der Waals surface area contributed by atoms with Gasteiger partial charge in [-0.1, -0.05) is 30.1 Å². The second-order valence-electron chi connectivity index (χ2n) is 3.97. The van der Waals surface area contributed by atoms with Gasteiger partial charge in [0.1, 0.15) is 5.75 Å². The fraction of sp³-hybridized carbons (Fsp3) is 0.308. The Morgan fingerprint density at radius 2 is 1.89 bits per heavy atom. The van der Waals surface area contributed by atoms with Crippen molar-refractivity contribution in [3.8, 4) is 11.6 Å². The van der Waals surface area contributed by atoms with E-state index in [4.69, 9.17) is 32.7 Å². The van der Waals surface area contributed by atoms with Gasteiger partial charge in [0, 0.05) is 22.7 Å². The fourth-order valence-corrected chi connectivity index (χ4v) is 2.30. The molecule has 1 aromatic heterocycles. The van der Waals surface area contributed by atoms with E-state index < -0.39 is 0 Å². The number of halogens is 2. The molecule has 6 heteroatoms. The predicted octanol–water partition coefficient (Wildman–Crippen LogP) is 4.22. The molecule has 0 unspecified atom stereocenters. The van der Waals surface area contributed by atoms with Crippen LogP contribution in [0.15, 0.2) is 18.2 Å². The number of rotatable bonds is 5. The van der Waals surface area contributed by atoms with E-state index in [1.807, 2.05) is 6.92 Å². The van der Waals surface area contributed by atoms with E-state index in [9.17, 15) is 0 Å². The van der Waals surface area contributed by atoms with Gasteiger partial charge in [0.2, 0.25) is 5.88 Å². The van der Waals surface area contributed by atoms with Crippen molar-refractivity contribution < 1.29 is 9.47 Å². The molecule has 0 atom stereocenters. The second kappa shape index (κ2) is 6.28. The molecule has 0 fully saturated rings. The van der Waals surface area contributed by atoms with Gasteiger partial charge in [0.15, 0.2) is 0 Å². The molecule has 0 spiro atoms. The van der Waals surface area contributed by atoms with Crippen molar-refractivity contribution in [1.29, 1.82) is 0 Å². The first-order chi connectivity index (χ1) is 9.13. The number of methoxy groups -OCH3 is 1. The lowest BCUT2D eigenvalue weighted by Crippen LogP contribution is -1.94. The molecule has 0 saturated heterocycles. The summed E-state index contributed by atoms with van der Waals surface area (Å²) in [6.45, 7) is 2.47. The van der Waals surface area contributed by atoms with Crippen LogP contribution in [0, 0.1) is 0 Å². The van der Waals surface area contributed by atoms with Gasteiger partial charge in [-0.3, -0.25) is 0 Å². The highest BCUT2D eigenvalue weighted by atomic mass is 35.5. The van der Waals surface area contributed by atoms with Crippen LogP contribution in [-0.4, -0.2) is 17.3 Å². The molecule has 1 aromatic carbocycles. The normalized spacial score (nSPS) is 10.7. The molecule has 0 aliphatic rings. The maximum Gasteiger partial charge on any atom is 0.218 e. The third kappa shape index (κ3) is 3.41. The Morgan fingerprint density at radius 3 is 2.47 bits per heavy atom. The topological polar surface area (TPSA) is 47.1 Å². The molecular weight excluding hydrogens is 287 g/mol. The molecule has 0 aliphatic heterocycles. The van der Waals surface area contributed by atoms with Gasteiger partial charge in [-0.2, -0.15) is 5.10 Å². The van der Waals surface area contributed by atoms with E-state index in [2.05, 4.69) is 10.2 Å². The highest BCUT2D eigenvalue weighted by molar-refractivity contribution is 6.34. The van der Waals surface area contributed by atoms with E-state index in [0.717, 1.165) is 17.7 Å². The highest BCUT2D eigenvalue weighted by Gasteiger charge is 2.13.